The lowest BCUT2D eigenvalue weighted by Crippen LogP contribution is -2.37. The van der Waals surface area contributed by atoms with Crippen molar-refractivity contribution >= 4 is 17.1 Å². The molecule has 1 saturated carbocycles. The Hall–Kier alpha value is -1.78. The van der Waals surface area contributed by atoms with Gasteiger partial charge in [0.2, 0.25) is 0 Å². The highest BCUT2D eigenvalue weighted by molar-refractivity contribution is 5.64. The first kappa shape index (κ1) is 11.7. The van der Waals surface area contributed by atoms with Crippen molar-refractivity contribution in [1.29, 1.82) is 0 Å². The van der Waals surface area contributed by atoms with Crippen molar-refractivity contribution in [3.05, 3.63) is 28.3 Å². The van der Waals surface area contributed by atoms with Crippen molar-refractivity contribution in [2.75, 3.05) is 24.3 Å². The number of nitrogens with one attached hydrogen (secondary N) is 1. The van der Waals surface area contributed by atoms with E-state index < -0.39 is 0 Å². The molecule has 2 rings (SSSR count). The van der Waals surface area contributed by atoms with Crippen LogP contribution in [-0.2, 0) is 0 Å². The monoisotopic (exact) mass is 235 g/mol. The van der Waals surface area contributed by atoms with E-state index >= 15 is 0 Å². The van der Waals surface area contributed by atoms with Crippen molar-refractivity contribution in [3.63, 3.8) is 0 Å². The quantitative estimate of drug-likeness (QED) is 0.643. The lowest BCUT2D eigenvalue weighted by Gasteiger charge is -2.36. The van der Waals surface area contributed by atoms with Gasteiger partial charge in [0, 0.05) is 43.6 Å². The van der Waals surface area contributed by atoms with Crippen LogP contribution in [0.5, 0.6) is 0 Å². The smallest absolute Gasteiger partial charge is 0.273 e. The number of rotatable bonds is 4. The molecule has 17 heavy (non-hydrogen) atoms. The molecular formula is C12H17N3O2. The van der Waals surface area contributed by atoms with Crippen molar-refractivity contribution in [1.82, 2.24) is 0 Å². The van der Waals surface area contributed by atoms with Gasteiger partial charge in [-0.25, -0.2) is 0 Å². The molecule has 1 fully saturated rings. The van der Waals surface area contributed by atoms with Gasteiger partial charge in [0.25, 0.3) is 5.69 Å². The van der Waals surface area contributed by atoms with Gasteiger partial charge >= 0.3 is 0 Å². The molecule has 1 aliphatic carbocycles. The minimum Gasteiger partial charge on any atom is -0.388 e. The van der Waals surface area contributed by atoms with Crippen molar-refractivity contribution in [2.45, 2.75) is 25.3 Å². The fraction of sp³-hybridized carbons (Fsp3) is 0.500. The SMILES string of the molecule is CNc1cc(N(C)C2CCC2)cc([N+](=O)[O-])c1. The first-order valence-corrected chi connectivity index (χ1v) is 5.82. The van der Waals surface area contributed by atoms with Gasteiger partial charge in [-0.2, -0.15) is 0 Å². The average Bonchev–Trinajstić information content (AvgIpc) is 2.25. The second kappa shape index (κ2) is 4.61. The summed E-state index contributed by atoms with van der Waals surface area (Å²) in [5.74, 6) is 0. The molecule has 1 aromatic carbocycles. The maximum atomic E-state index is 10.9. The summed E-state index contributed by atoms with van der Waals surface area (Å²) in [6.07, 6.45) is 3.60. The van der Waals surface area contributed by atoms with Gasteiger partial charge in [0.1, 0.15) is 0 Å². The topological polar surface area (TPSA) is 58.4 Å². The largest absolute Gasteiger partial charge is 0.388 e. The van der Waals surface area contributed by atoms with E-state index in [1.54, 1.807) is 19.2 Å². The molecular weight excluding hydrogens is 218 g/mol. The number of nitro groups is 1. The van der Waals surface area contributed by atoms with E-state index in [0.29, 0.717) is 6.04 Å². The fourth-order valence-electron chi connectivity index (χ4n) is 2.03. The van der Waals surface area contributed by atoms with Crippen LogP contribution in [0.2, 0.25) is 0 Å². The Labute approximate surface area is 101 Å². The highest BCUT2D eigenvalue weighted by Crippen LogP contribution is 2.32. The van der Waals surface area contributed by atoms with Crippen LogP contribution in [0.4, 0.5) is 17.1 Å². The summed E-state index contributed by atoms with van der Waals surface area (Å²) >= 11 is 0. The van der Waals surface area contributed by atoms with Crippen LogP contribution in [0.3, 0.4) is 0 Å². The van der Waals surface area contributed by atoms with Gasteiger partial charge in [0.05, 0.1) is 4.92 Å². The third kappa shape index (κ3) is 2.33. The summed E-state index contributed by atoms with van der Waals surface area (Å²) in [6.45, 7) is 0. The number of non-ortho nitro benzene ring substituents is 1. The predicted molar refractivity (Wildman–Crippen MR) is 68.7 cm³/mol. The number of nitrogens with zero attached hydrogens (tertiary/aromatic N) is 2. The first-order valence-electron chi connectivity index (χ1n) is 5.82. The Morgan fingerprint density at radius 3 is 2.59 bits per heavy atom. The molecule has 0 amide bonds. The first-order chi connectivity index (χ1) is 8.11. The lowest BCUT2D eigenvalue weighted by atomic mass is 9.91. The molecule has 0 aliphatic heterocycles. The number of benzene rings is 1. The number of hydrogen-bond donors (Lipinski definition) is 1. The Morgan fingerprint density at radius 1 is 1.41 bits per heavy atom. The van der Waals surface area contributed by atoms with Crippen LogP contribution in [-0.4, -0.2) is 25.1 Å². The van der Waals surface area contributed by atoms with E-state index in [-0.39, 0.29) is 10.6 Å². The maximum absolute atomic E-state index is 10.9. The molecule has 92 valence electrons. The van der Waals surface area contributed by atoms with Gasteiger partial charge in [-0.15, -0.1) is 0 Å². The Bertz CT molecular complexity index is 430. The van der Waals surface area contributed by atoms with Crippen LogP contribution in [0.15, 0.2) is 18.2 Å². The molecule has 0 unspecified atom stereocenters. The lowest BCUT2D eigenvalue weighted by molar-refractivity contribution is -0.384. The van der Waals surface area contributed by atoms with Crippen LogP contribution in [0, 0.1) is 10.1 Å². The van der Waals surface area contributed by atoms with Crippen molar-refractivity contribution in [2.24, 2.45) is 0 Å². The molecule has 0 spiro atoms. The fourth-order valence-corrected chi connectivity index (χ4v) is 2.03. The van der Waals surface area contributed by atoms with E-state index in [1.165, 1.54) is 19.3 Å². The summed E-state index contributed by atoms with van der Waals surface area (Å²) in [5, 5.41) is 13.8. The summed E-state index contributed by atoms with van der Waals surface area (Å²) in [6, 6.07) is 5.67. The number of hydrogen-bond acceptors (Lipinski definition) is 4. The molecule has 1 aromatic rings. The van der Waals surface area contributed by atoms with Crippen molar-refractivity contribution in [3.8, 4) is 0 Å². The standard InChI is InChI=1S/C12H17N3O2/c1-13-9-6-11(8-12(7-9)15(16)17)14(2)10-4-3-5-10/h6-8,10,13H,3-5H2,1-2H3. The average molecular weight is 235 g/mol. The Morgan fingerprint density at radius 2 is 2.12 bits per heavy atom. The molecule has 0 saturated heterocycles. The summed E-state index contributed by atoms with van der Waals surface area (Å²) < 4.78 is 0. The van der Waals surface area contributed by atoms with Crippen LogP contribution >= 0.6 is 0 Å². The summed E-state index contributed by atoms with van der Waals surface area (Å²) in [5.41, 5.74) is 1.83. The minimum atomic E-state index is -0.348. The normalized spacial score (nSPS) is 15.2. The van der Waals surface area contributed by atoms with E-state index in [0.717, 1.165) is 11.4 Å². The van der Waals surface area contributed by atoms with E-state index in [4.69, 9.17) is 0 Å². The molecule has 0 bridgehead atoms. The molecule has 1 aliphatic rings. The van der Waals surface area contributed by atoms with Gasteiger partial charge in [-0.1, -0.05) is 0 Å². The third-order valence-electron chi connectivity index (χ3n) is 3.43. The third-order valence-corrected chi connectivity index (χ3v) is 3.43. The zero-order valence-electron chi connectivity index (χ0n) is 10.1. The van der Waals surface area contributed by atoms with Crippen LogP contribution in [0.25, 0.3) is 0 Å². The van der Waals surface area contributed by atoms with Crippen LogP contribution < -0.4 is 10.2 Å². The van der Waals surface area contributed by atoms with E-state index in [9.17, 15) is 10.1 Å². The Balaban J connectivity index is 2.31. The molecule has 5 heteroatoms. The van der Waals surface area contributed by atoms with Gasteiger partial charge in [-0.05, 0) is 25.3 Å². The van der Waals surface area contributed by atoms with Crippen LogP contribution in [0.1, 0.15) is 19.3 Å². The second-order valence-electron chi connectivity index (χ2n) is 4.44. The highest BCUT2D eigenvalue weighted by atomic mass is 16.6. The number of nitro benzene ring substituents is 1. The second-order valence-corrected chi connectivity index (χ2v) is 4.44. The summed E-state index contributed by atoms with van der Waals surface area (Å²) in [4.78, 5) is 12.6. The molecule has 0 atom stereocenters. The molecule has 0 heterocycles. The molecule has 1 N–H and O–H groups in total. The molecule has 0 aromatic heterocycles. The maximum Gasteiger partial charge on any atom is 0.273 e. The van der Waals surface area contributed by atoms with Crippen molar-refractivity contribution < 1.29 is 4.92 Å². The predicted octanol–water partition coefficient (Wildman–Crippen LogP) is 2.63. The van der Waals surface area contributed by atoms with Gasteiger partial charge in [0.15, 0.2) is 0 Å². The highest BCUT2D eigenvalue weighted by Gasteiger charge is 2.23. The minimum absolute atomic E-state index is 0.137. The zero-order valence-corrected chi connectivity index (χ0v) is 10.1. The Kier molecular flexibility index (Phi) is 3.17. The van der Waals surface area contributed by atoms with Gasteiger partial charge in [-0.3, -0.25) is 10.1 Å². The van der Waals surface area contributed by atoms with E-state index in [1.807, 2.05) is 13.1 Å². The van der Waals surface area contributed by atoms with E-state index in [2.05, 4.69) is 10.2 Å². The number of anilines is 2. The zero-order chi connectivity index (χ0) is 12.4. The molecule has 0 radical (unpaired) electrons. The molecule has 5 nitrogen and oxygen atoms in total. The van der Waals surface area contributed by atoms with Gasteiger partial charge < -0.3 is 10.2 Å². The summed E-state index contributed by atoms with van der Waals surface area (Å²) in [7, 11) is 3.77.